The number of likely N-dealkylation sites (tertiary alicyclic amines) is 1. The van der Waals surface area contributed by atoms with Gasteiger partial charge in [0.05, 0.1) is 11.6 Å². The highest BCUT2D eigenvalue weighted by molar-refractivity contribution is 7.47. The molecule has 0 spiro atoms. The van der Waals surface area contributed by atoms with Crippen molar-refractivity contribution in [1.82, 2.24) is 9.99 Å². The third kappa shape index (κ3) is 3.78. The van der Waals surface area contributed by atoms with Crippen LogP contribution in [0.3, 0.4) is 0 Å². The van der Waals surface area contributed by atoms with Crippen molar-refractivity contribution in [3.05, 3.63) is 108 Å². The highest BCUT2D eigenvalue weighted by atomic mass is 31.2. The third-order valence-corrected chi connectivity index (χ3v) is 6.24. The summed E-state index contributed by atoms with van der Waals surface area (Å²) in [5.41, 5.74) is 8.17. The maximum absolute atomic E-state index is 13.0. The molecule has 1 fully saturated rings. The van der Waals surface area contributed by atoms with Gasteiger partial charge in [0.1, 0.15) is 0 Å². The van der Waals surface area contributed by atoms with Crippen molar-refractivity contribution in [2.75, 3.05) is 6.54 Å². The van der Waals surface area contributed by atoms with E-state index >= 15 is 0 Å². The van der Waals surface area contributed by atoms with E-state index in [0.717, 1.165) is 29.7 Å². The van der Waals surface area contributed by atoms with E-state index in [1.165, 1.54) is 0 Å². The molecule has 0 bridgehead atoms. The van der Waals surface area contributed by atoms with E-state index in [2.05, 4.69) is 46.4 Å². The molecule has 1 aliphatic rings. The molecule has 0 saturated carbocycles. The van der Waals surface area contributed by atoms with Gasteiger partial charge in [-0.15, -0.1) is 0 Å². The van der Waals surface area contributed by atoms with Crippen LogP contribution < -0.4 is 10.6 Å². The van der Waals surface area contributed by atoms with Crippen molar-refractivity contribution in [3.8, 4) is 0 Å². The van der Waals surface area contributed by atoms with Crippen LogP contribution in [0, 0.1) is 0 Å². The van der Waals surface area contributed by atoms with E-state index in [1.807, 2.05) is 54.6 Å². The third-order valence-electron chi connectivity index (χ3n) is 5.79. The van der Waals surface area contributed by atoms with Crippen molar-refractivity contribution in [2.45, 2.75) is 24.4 Å². The Bertz CT molecular complexity index is 871. The van der Waals surface area contributed by atoms with Crippen molar-refractivity contribution in [1.29, 1.82) is 0 Å². The topological polar surface area (TPSA) is 78.6 Å². The molecule has 0 aromatic heterocycles. The molecule has 4 N–H and O–H groups in total. The van der Waals surface area contributed by atoms with Gasteiger partial charge in [0.25, 0.3) is 0 Å². The zero-order valence-electron chi connectivity index (χ0n) is 16.7. The average Bonchev–Trinajstić information content (AvgIpc) is 3.27. The molecule has 2 atom stereocenters. The number of nitrogens with one attached hydrogen (secondary N) is 1. The number of benzene rings is 3. The minimum Gasteiger partial charge on any atom is -0.343 e. The summed E-state index contributed by atoms with van der Waals surface area (Å²) in [6, 6.07) is 30.6. The summed E-state index contributed by atoms with van der Waals surface area (Å²) in [5, 5.41) is 2.56. The lowest BCUT2D eigenvalue weighted by Crippen LogP contribution is -2.54. The van der Waals surface area contributed by atoms with Gasteiger partial charge in [0.15, 0.2) is 0 Å². The fraction of sp³-hybridized carbons (Fsp3) is 0.208. The molecule has 30 heavy (non-hydrogen) atoms. The second-order valence-corrected chi connectivity index (χ2v) is 8.39. The monoisotopic (exact) mass is 419 g/mol. The quantitative estimate of drug-likeness (QED) is 0.420. The normalized spacial score (nSPS) is 18.1. The van der Waals surface area contributed by atoms with Gasteiger partial charge in [0, 0.05) is 6.54 Å². The Hall–Kier alpha value is -2.56. The molecule has 3 aromatic carbocycles. The van der Waals surface area contributed by atoms with E-state index in [-0.39, 0.29) is 5.91 Å². The zero-order chi connectivity index (χ0) is 21.0. The standard InChI is InChI=1S/C24H26N3O2P/c25-30(29)26-23(28)22-17-10-18-27(22)24(19-11-4-1-5-12-19,20-13-6-2-7-14-20)21-15-8-3-9-16-21/h1-9,11-16,22,29H,10,17-18,25H2,(H,26,28)/t22-,30?/m0/s1. The highest BCUT2D eigenvalue weighted by Crippen LogP contribution is 2.46. The Morgan fingerprint density at radius 1 is 0.900 bits per heavy atom. The van der Waals surface area contributed by atoms with Gasteiger partial charge in [-0.2, -0.15) is 0 Å². The van der Waals surface area contributed by atoms with Gasteiger partial charge < -0.3 is 4.89 Å². The molecule has 1 amide bonds. The molecule has 0 radical (unpaired) electrons. The van der Waals surface area contributed by atoms with Crippen molar-refractivity contribution < 1.29 is 9.69 Å². The molecule has 0 aliphatic carbocycles. The molecule has 1 saturated heterocycles. The summed E-state index contributed by atoms with van der Waals surface area (Å²) < 4.78 is 0. The summed E-state index contributed by atoms with van der Waals surface area (Å²) in [7, 11) is -2.00. The number of carbonyl (C=O) groups excluding carboxylic acids is 1. The van der Waals surface area contributed by atoms with Crippen molar-refractivity contribution >= 4 is 14.4 Å². The molecule has 3 aromatic rings. The van der Waals surface area contributed by atoms with Crippen LogP contribution in [0.1, 0.15) is 29.5 Å². The highest BCUT2D eigenvalue weighted by Gasteiger charge is 2.48. The molecule has 154 valence electrons. The SMILES string of the molecule is NP(O)NC(=O)[C@@H]1CCCN1C(c1ccccc1)(c1ccccc1)c1ccccc1. The Morgan fingerprint density at radius 2 is 1.33 bits per heavy atom. The molecule has 4 rings (SSSR count). The van der Waals surface area contributed by atoms with Crippen LogP contribution in [0.4, 0.5) is 0 Å². The van der Waals surface area contributed by atoms with E-state index in [0.29, 0.717) is 6.42 Å². The van der Waals surface area contributed by atoms with Crippen LogP contribution in [0.15, 0.2) is 91.0 Å². The Balaban J connectivity index is 1.97. The van der Waals surface area contributed by atoms with Gasteiger partial charge in [-0.3, -0.25) is 20.3 Å². The minimum absolute atomic E-state index is 0.226. The summed E-state index contributed by atoms with van der Waals surface area (Å²) in [5.74, 6) is -0.226. The van der Waals surface area contributed by atoms with E-state index in [9.17, 15) is 9.69 Å². The Kier molecular flexibility index (Phi) is 6.26. The summed E-state index contributed by atoms with van der Waals surface area (Å²) in [6.07, 6.45) is 1.60. The predicted molar refractivity (Wildman–Crippen MR) is 120 cm³/mol. The van der Waals surface area contributed by atoms with Crippen LogP contribution in [-0.2, 0) is 10.3 Å². The number of hydrogen-bond donors (Lipinski definition) is 3. The molecular formula is C24H26N3O2P. The minimum atomic E-state index is -2.00. The number of hydrogen-bond acceptors (Lipinski definition) is 4. The lowest BCUT2D eigenvalue weighted by molar-refractivity contribution is -0.125. The summed E-state index contributed by atoms with van der Waals surface area (Å²) in [6.45, 7) is 0.755. The van der Waals surface area contributed by atoms with Crippen molar-refractivity contribution in [3.63, 3.8) is 0 Å². The lowest BCUT2D eigenvalue weighted by atomic mass is 9.75. The molecule has 6 heteroatoms. The molecule has 5 nitrogen and oxygen atoms in total. The maximum atomic E-state index is 13.0. The predicted octanol–water partition coefficient (Wildman–Crippen LogP) is 3.74. The van der Waals surface area contributed by atoms with Crippen LogP contribution in [0.25, 0.3) is 0 Å². The number of rotatable bonds is 6. The maximum Gasteiger partial charge on any atom is 0.243 e. The van der Waals surface area contributed by atoms with Gasteiger partial charge in [-0.05, 0) is 29.5 Å². The zero-order valence-corrected chi connectivity index (χ0v) is 17.6. The first-order chi connectivity index (χ1) is 14.6. The first-order valence-corrected chi connectivity index (χ1v) is 11.5. The van der Waals surface area contributed by atoms with Gasteiger partial charge in [0.2, 0.25) is 14.4 Å². The first kappa shape index (κ1) is 20.7. The van der Waals surface area contributed by atoms with E-state index in [4.69, 9.17) is 5.50 Å². The first-order valence-electron chi connectivity index (χ1n) is 10.1. The van der Waals surface area contributed by atoms with E-state index in [1.54, 1.807) is 0 Å². The van der Waals surface area contributed by atoms with E-state index < -0.39 is 20.0 Å². The van der Waals surface area contributed by atoms with Crippen molar-refractivity contribution in [2.24, 2.45) is 5.50 Å². The smallest absolute Gasteiger partial charge is 0.243 e. The molecule has 1 heterocycles. The largest absolute Gasteiger partial charge is 0.343 e. The molecule has 1 unspecified atom stereocenters. The van der Waals surface area contributed by atoms with Gasteiger partial charge in [-0.25, -0.2) is 0 Å². The van der Waals surface area contributed by atoms with Gasteiger partial charge in [-0.1, -0.05) is 91.0 Å². The van der Waals surface area contributed by atoms with Crippen LogP contribution in [0.5, 0.6) is 0 Å². The second-order valence-electron chi connectivity index (χ2n) is 7.48. The average molecular weight is 419 g/mol. The Morgan fingerprint density at radius 3 is 1.73 bits per heavy atom. The fourth-order valence-corrected chi connectivity index (χ4v) is 5.04. The lowest BCUT2D eigenvalue weighted by Gasteiger charge is -2.46. The second kappa shape index (κ2) is 9.07. The Labute approximate surface area is 178 Å². The number of amides is 1. The molecular weight excluding hydrogens is 393 g/mol. The molecule has 1 aliphatic heterocycles. The number of carbonyl (C=O) groups is 1. The summed E-state index contributed by atoms with van der Waals surface area (Å²) >= 11 is 0. The van der Waals surface area contributed by atoms with Crippen LogP contribution in [-0.4, -0.2) is 28.3 Å². The summed E-state index contributed by atoms with van der Waals surface area (Å²) in [4.78, 5) is 24.9. The fourth-order valence-electron chi connectivity index (χ4n) is 4.66. The van der Waals surface area contributed by atoms with Crippen LogP contribution in [0.2, 0.25) is 0 Å². The van der Waals surface area contributed by atoms with Gasteiger partial charge >= 0.3 is 0 Å². The van der Waals surface area contributed by atoms with Crippen LogP contribution >= 0.6 is 8.45 Å². The number of nitrogens with two attached hydrogens (primary N) is 1. The number of nitrogens with zero attached hydrogens (tertiary/aromatic N) is 1.